The van der Waals surface area contributed by atoms with Crippen LogP contribution in [0.2, 0.25) is 0 Å². The highest BCUT2D eigenvalue weighted by molar-refractivity contribution is 6.34. The van der Waals surface area contributed by atoms with E-state index in [1.165, 1.54) is 12.1 Å². The van der Waals surface area contributed by atoms with Gasteiger partial charge >= 0.3 is 5.97 Å². The third-order valence-corrected chi connectivity index (χ3v) is 5.94. The third-order valence-electron chi connectivity index (χ3n) is 5.94. The number of rotatable bonds is 4. The van der Waals surface area contributed by atoms with Gasteiger partial charge in [-0.3, -0.25) is 14.4 Å². The Morgan fingerprint density at radius 3 is 2.16 bits per heavy atom. The van der Waals surface area contributed by atoms with Crippen LogP contribution in [0.15, 0.2) is 48.5 Å². The molecule has 160 valence electrons. The van der Waals surface area contributed by atoms with Crippen molar-refractivity contribution in [2.24, 2.45) is 0 Å². The average molecular weight is 420 g/mol. The maximum absolute atomic E-state index is 12.7. The molecule has 7 nitrogen and oxygen atoms in total. The first-order chi connectivity index (χ1) is 14.9. The number of imide groups is 1. The lowest BCUT2D eigenvalue weighted by Gasteiger charge is -2.38. The summed E-state index contributed by atoms with van der Waals surface area (Å²) < 4.78 is 5.25. The number of nitrogens with zero attached hydrogens (tertiary/aromatic N) is 2. The number of carbonyl (C=O) groups excluding carboxylic acids is 4. The minimum Gasteiger partial charge on any atom is -0.452 e. The SMILES string of the molecule is C[C@H]1CCC[C@H](C)N1C(=O)COC(=O)c1cccc(N2C(=O)c3ccccc3C2=O)c1. The van der Waals surface area contributed by atoms with Crippen molar-refractivity contribution < 1.29 is 23.9 Å². The smallest absolute Gasteiger partial charge is 0.338 e. The van der Waals surface area contributed by atoms with Crippen LogP contribution in [0.3, 0.4) is 0 Å². The number of benzene rings is 2. The van der Waals surface area contributed by atoms with Crippen molar-refractivity contribution in [2.75, 3.05) is 11.5 Å². The van der Waals surface area contributed by atoms with Crippen molar-refractivity contribution in [1.29, 1.82) is 0 Å². The summed E-state index contributed by atoms with van der Waals surface area (Å²) in [5, 5.41) is 0. The molecule has 1 saturated heterocycles. The number of ether oxygens (including phenoxy) is 1. The van der Waals surface area contributed by atoms with Crippen LogP contribution in [0, 0.1) is 0 Å². The fourth-order valence-electron chi connectivity index (χ4n) is 4.39. The van der Waals surface area contributed by atoms with Crippen molar-refractivity contribution in [2.45, 2.75) is 45.2 Å². The van der Waals surface area contributed by atoms with Crippen LogP contribution in [-0.4, -0.2) is 47.3 Å². The van der Waals surface area contributed by atoms with Gasteiger partial charge in [0, 0.05) is 12.1 Å². The molecule has 0 aromatic heterocycles. The highest BCUT2D eigenvalue weighted by Crippen LogP contribution is 2.29. The molecular formula is C24H24N2O5. The number of hydrogen-bond donors (Lipinski definition) is 0. The summed E-state index contributed by atoms with van der Waals surface area (Å²) in [4.78, 5) is 53.3. The number of amides is 3. The van der Waals surface area contributed by atoms with Gasteiger partial charge in [-0.2, -0.15) is 0 Å². The van der Waals surface area contributed by atoms with Gasteiger partial charge in [0.1, 0.15) is 0 Å². The molecule has 7 heteroatoms. The Morgan fingerprint density at radius 2 is 1.55 bits per heavy atom. The quantitative estimate of drug-likeness (QED) is 0.559. The Morgan fingerprint density at radius 1 is 0.935 bits per heavy atom. The van der Waals surface area contributed by atoms with Crippen LogP contribution in [0.25, 0.3) is 0 Å². The summed E-state index contributed by atoms with van der Waals surface area (Å²) in [6.45, 7) is 3.66. The Hall–Kier alpha value is -3.48. The Bertz CT molecular complexity index is 1020. The lowest BCUT2D eigenvalue weighted by atomic mass is 9.97. The second-order valence-corrected chi connectivity index (χ2v) is 8.05. The highest BCUT2D eigenvalue weighted by atomic mass is 16.5. The zero-order valence-electron chi connectivity index (χ0n) is 17.5. The van der Waals surface area contributed by atoms with Crippen molar-refractivity contribution in [1.82, 2.24) is 4.90 Å². The summed E-state index contributed by atoms with van der Waals surface area (Å²) in [5.74, 6) is -1.77. The molecule has 31 heavy (non-hydrogen) atoms. The number of fused-ring (bicyclic) bond motifs is 1. The minimum atomic E-state index is -0.677. The first-order valence-corrected chi connectivity index (χ1v) is 10.4. The Balaban J connectivity index is 1.46. The molecule has 4 rings (SSSR count). The van der Waals surface area contributed by atoms with E-state index in [4.69, 9.17) is 4.74 Å². The monoisotopic (exact) mass is 420 g/mol. The maximum Gasteiger partial charge on any atom is 0.338 e. The van der Waals surface area contributed by atoms with Gasteiger partial charge in [0.05, 0.1) is 22.4 Å². The molecule has 0 aliphatic carbocycles. The molecule has 0 unspecified atom stereocenters. The molecule has 2 atom stereocenters. The predicted molar refractivity (Wildman–Crippen MR) is 114 cm³/mol. The molecule has 3 amide bonds. The van der Waals surface area contributed by atoms with Gasteiger partial charge < -0.3 is 9.64 Å². The Kier molecular flexibility index (Phi) is 5.59. The van der Waals surface area contributed by atoms with Crippen molar-refractivity contribution in [3.63, 3.8) is 0 Å². The van der Waals surface area contributed by atoms with E-state index in [1.54, 1.807) is 41.3 Å². The van der Waals surface area contributed by atoms with E-state index < -0.39 is 17.8 Å². The molecule has 0 saturated carbocycles. The molecular weight excluding hydrogens is 396 g/mol. The van der Waals surface area contributed by atoms with E-state index >= 15 is 0 Å². The maximum atomic E-state index is 12.7. The topological polar surface area (TPSA) is 84.0 Å². The number of anilines is 1. The number of piperidine rings is 1. The largest absolute Gasteiger partial charge is 0.452 e. The van der Waals surface area contributed by atoms with Gasteiger partial charge in [-0.25, -0.2) is 9.69 Å². The molecule has 2 heterocycles. The first kappa shape index (κ1) is 20.8. The molecule has 2 aromatic carbocycles. The summed E-state index contributed by atoms with van der Waals surface area (Å²) in [7, 11) is 0. The van der Waals surface area contributed by atoms with Gasteiger partial charge in [-0.1, -0.05) is 18.2 Å². The zero-order chi connectivity index (χ0) is 22.1. The van der Waals surface area contributed by atoms with E-state index in [0.717, 1.165) is 24.2 Å². The summed E-state index contributed by atoms with van der Waals surface area (Å²) in [5.41, 5.74) is 1.11. The van der Waals surface area contributed by atoms with Crippen LogP contribution in [-0.2, 0) is 9.53 Å². The van der Waals surface area contributed by atoms with Crippen LogP contribution in [0.1, 0.15) is 64.2 Å². The van der Waals surface area contributed by atoms with E-state index in [-0.39, 0.29) is 35.8 Å². The number of hydrogen-bond acceptors (Lipinski definition) is 5. The van der Waals surface area contributed by atoms with Crippen LogP contribution in [0.4, 0.5) is 5.69 Å². The molecule has 0 spiro atoms. The third kappa shape index (κ3) is 3.83. The standard InChI is InChI=1S/C24H24N2O5/c1-15-7-5-8-16(2)25(15)21(27)14-31-24(30)17-9-6-10-18(13-17)26-22(28)19-11-3-4-12-20(19)23(26)29/h3-4,6,9-13,15-16H,5,7-8,14H2,1-2H3/t15-,16-/m0/s1. The van der Waals surface area contributed by atoms with Crippen molar-refractivity contribution in [3.8, 4) is 0 Å². The number of esters is 1. The number of likely N-dealkylation sites (tertiary alicyclic amines) is 1. The molecule has 1 fully saturated rings. The minimum absolute atomic E-state index is 0.118. The van der Waals surface area contributed by atoms with Crippen LogP contribution < -0.4 is 4.90 Å². The van der Waals surface area contributed by atoms with E-state index in [2.05, 4.69) is 0 Å². The highest BCUT2D eigenvalue weighted by Gasteiger charge is 2.36. The first-order valence-electron chi connectivity index (χ1n) is 10.4. The van der Waals surface area contributed by atoms with Crippen LogP contribution >= 0.6 is 0 Å². The fraction of sp³-hybridized carbons (Fsp3) is 0.333. The van der Waals surface area contributed by atoms with E-state index in [1.807, 2.05) is 13.8 Å². The predicted octanol–water partition coefficient (Wildman–Crippen LogP) is 3.43. The van der Waals surface area contributed by atoms with Gasteiger partial charge in [-0.05, 0) is 63.4 Å². The van der Waals surface area contributed by atoms with Gasteiger partial charge in [0.2, 0.25) is 0 Å². The van der Waals surface area contributed by atoms with Gasteiger partial charge in [-0.15, -0.1) is 0 Å². The average Bonchev–Trinajstić information content (AvgIpc) is 3.02. The second kappa shape index (κ2) is 8.34. The fourth-order valence-corrected chi connectivity index (χ4v) is 4.39. The summed E-state index contributed by atoms with van der Waals surface area (Å²) >= 11 is 0. The zero-order valence-corrected chi connectivity index (χ0v) is 17.5. The normalized spacial score (nSPS) is 20.6. The van der Waals surface area contributed by atoms with Crippen LogP contribution in [0.5, 0.6) is 0 Å². The molecule has 0 radical (unpaired) electrons. The van der Waals surface area contributed by atoms with E-state index in [9.17, 15) is 19.2 Å². The van der Waals surface area contributed by atoms with Crippen molar-refractivity contribution in [3.05, 3.63) is 65.2 Å². The molecule has 0 bridgehead atoms. The summed E-state index contributed by atoms with van der Waals surface area (Å²) in [6, 6.07) is 12.9. The lowest BCUT2D eigenvalue weighted by molar-refractivity contribution is -0.140. The Labute approximate surface area is 180 Å². The molecule has 2 aliphatic heterocycles. The van der Waals surface area contributed by atoms with Crippen molar-refractivity contribution >= 4 is 29.4 Å². The molecule has 2 aromatic rings. The van der Waals surface area contributed by atoms with Gasteiger partial charge in [0.15, 0.2) is 6.61 Å². The summed E-state index contributed by atoms with van der Waals surface area (Å²) in [6.07, 6.45) is 2.95. The van der Waals surface area contributed by atoms with Gasteiger partial charge in [0.25, 0.3) is 17.7 Å². The number of carbonyl (C=O) groups is 4. The second-order valence-electron chi connectivity index (χ2n) is 8.05. The van der Waals surface area contributed by atoms with E-state index in [0.29, 0.717) is 11.1 Å². The molecule has 2 aliphatic rings. The molecule has 0 N–H and O–H groups in total. The lowest BCUT2D eigenvalue weighted by Crippen LogP contribution is -2.49.